The summed E-state index contributed by atoms with van der Waals surface area (Å²) in [6.07, 6.45) is 1.85. The Morgan fingerprint density at radius 3 is 2.00 bits per heavy atom. The van der Waals surface area contributed by atoms with Crippen molar-refractivity contribution in [1.82, 2.24) is 4.90 Å². The normalized spacial score (nSPS) is 11.7. The van der Waals surface area contributed by atoms with Crippen LogP contribution in [0.5, 0.6) is 0 Å². The number of nitrogens with zero attached hydrogens (tertiary/aromatic N) is 1. The minimum absolute atomic E-state index is 0.778. The summed E-state index contributed by atoms with van der Waals surface area (Å²) >= 11 is 5.59. The van der Waals surface area contributed by atoms with E-state index in [1.807, 2.05) is 32.0 Å². The molecule has 0 heterocycles. The third kappa shape index (κ3) is 2.52. The van der Waals surface area contributed by atoms with Gasteiger partial charge in [-0.2, -0.15) is 0 Å². The average molecular weight is 120 g/mol. The molecule has 0 fully saturated rings. The highest BCUT2D eigenvalue weighted by molar-refractivity contribution is 6.29. The molecule has 0 aromatic rings. The van der Waals surface area contributed by atoms with E-state index in [4.69, 9.17) is 11.6 Å². The molecule has 0 amide bonds. The Bertz CT molecular complexity index is 76.1. The van der Waals surface area contributed by atoms with Crippen LogP contribution in [0.3, 0.4) is 0 Å². The van der Waals surface area contributed by atoms with Gasteiger partial charge in [0.05, 0.1) is 5.16 Å². The van der Waals surface area contributed by atoms with E-state index in [-0.39, 0.29) is 0 Å². The van der Waals surface area contributed by atoms with Gasteiger partial charge in [0.15, 0.2) is 0 Å². The second-order valence-electron chi connectivity index (χ2n) is 1.51. The van der Waals surface area contributed by atoms with Crippen LogP contribution >= 0.6 is 11.6 Å². The minimum atomic E-state index is 0.778. The lowest BCUT2D eigenvalue weighted by atomic mass is 10.6. The van der Waals surface area contributed by atoms with Crippen LogP contribution in [0.1, 0.15) is 6.92 Å². The van der Waals surface area contributed by atoms with Gasteiger partial charge >= 0.3 is 0 Å². The first-order valence-electron chi connectivity index (χ1n) is 2.17. The first-order chi connectivity index (χ1) is 3.18. The number of hydrogen-bond acceptors (Lipinski definition) is 1. The molecule has 2 heteroatoms. The third-order valence-electron chi connectivity index (χ3n) is 0.665. The van der Waals surface area contributed by atoms with Crippen LogP contribution in [0.4, 0.5) is 0 Å². The molecule has 0 atom stereocenters. The summed E-state index contributed by atoms with van der Waals surface area (Å²) in [4.78, 5) is 1.85. The zero-order valence-corrected chi connectivity index (χ0v) is 5.66. The smallest absolute Gasteiger partial charge is 0.0995 e. The number of hydrogen-bond donors (Lipinski definition) is 0. The van der Waals surface area contributed by atoms with Crippen molar-refractivity contribution in [3.63, 3.8) is 0 Å². The Morgan fingerprint density at radius 1 is 1.57 bits per heavy atom. The van der Waals surface area contributed by atoms with Crippen LogP contribution in [0.2, 0.25) is 0 Å². The zero-order chi connectivity index (χ0) is 5.86. The maximum absolute atomic E-state index is 5.59. The van der Waals surface area contributed by atoms with E-state index in [1.54, 1.807) is 0 Å². The molecule has 0 saturated carbocycles. The quantitative estimate of drug-likeness (QED) is 0.475. The molecule has 0 aromatic heterocycles. The van der Waals surface area contributed by atoms with Gasteiger partial charge in [0, 0.05) is 14.1 Å². The Labute approximate surface area is 49.6 Å². The van der Waals surface area contributed by atoms with E-state index in [9.17, 15) is 0 Å². The van der Waals surface area contributed by atoms with Crippen molar-refractivity contribution in [2.24, 2.45) is 0 Å². The summed E-state index contributed by atoms with van der Waals surface area (Å²) in [5, 5.41) is 0.778. The maximum Gasteiger partial charge on any atom is 0.0995 e. The largest absolute Gasteiger partial charge is 0.369 e. The molecule has 42 valence electrons. The molecule has 0 aliphatic carbocycles. The molecule has 0 unspecified atom stereocenters. The van der Waals surface area contributed by atoms with Crippen LogP contribution in [-0.4, -0.2) is 19.0 Å². The summed E-state index contributed by atoms with van der Waals surface area (Å²) in [5.41, 5.74) is 0. The van der Waals surface area contributed by atoms with Gasteiger partial charge in [-0.15, -0.1) is 0 Å². The van der Waals surface area contributed by atoms with Crippen molar-refractivity contribution < 1.29 is 0 Å². The molecule has 0 aliphatic rings. The molecule has 1 nitrogen and oxygen atoms in total. The van der Waals surface area contributed by atoms with Crippen LogP contribution in [0, 0.1) is 0 Å². The van der Waals surface area contributed by atoms with Gasteiger partial charge in [0.2, 0.25) is 0 Å². The van der Waals surface area contributed by atoms with Crippen LogP contribution in [0.25, 0.3) is 0 Å². The second kappa shape index (κ2) is 2.92. The van der Waals surface area contributed by atoms with Gasteiger partial charge in [-0.25, -0.2) is 0 Å². The molecule has 0 radical (unpaired) electrons. The van der Waals surface area contributed by atoms with Gasteiger partial charge in [-0.1, -0.05) is 17.7 Å². The first kappa shape index (κ1) is 6.83. The first-order valence-corrected chi connectivity index (χ1v) is 2.55. The van der Waals surface area contributed by atoms with Crippen molar-refractivity contribution >= 4 is 11.6 Å². The molecule has 0 saturated heterocycles. The summed E-state index contributed by atoms with van der Waals surface area (Å²) in [6, 6.07) is 0. The van der Waals surface area contributed by atoms with Gasteiger partial charge < -0.3 is 4.90 Å². The van der Waals surface area contributed by atoms with Gasteiger partial charge in [0.25, 0.3) is 0 Å². The summed E-state index contributed by atoms with van der Waals surface area (Å²) in [7, 11) is 3.81. The predicted octanol–water partition coefficient (Wildman–Crippen LogP) is 1.65. The lowest BCUT2D eigenvalue weighted by Crippen LogP contribution is -2.05. The third-order valence-corrected chi connectivity index (χ3v) is 1.22. The fraction of sp³-hybridized carbons (Fsp3) is 0.600. The Kier molecular flexibility index (Phi) is 2.84. The number of halogens is 1. The fourth-order valence-corrected chi connectivity index (χ4v) is 0.258. The standard InChI is InChI=1S/C5H10ClN/c1-4-5(6)7(2)3/h4H,1-3H3. The summed E-state index contributed by atoms with van der Waals surface area (Å²) in [5.74, 6) is 0. The highest BCUT2D eigenvalue weighted by Crippen LogP contribution is 2.01. The second-order valence-corrected chi connectivity index (χ2v) is 1.89. The SMILES string of the molecule is CC=C(Cl)N(C)C. The van der Waals surface area contributed by atoms with Crippen molar-refractivity contribution in [2.45, 2.75) is 6.92 Å². The number of rotatable bonds is 1. The molecule has 0 aliphatic heterocycles. The van der Waals surface area contributed by atoms with E-state index >= 15 is 0 Å². The minimum Gasteiger partial charge on any atom is -0.369 e. The lowest BCUT2D eigenvalue weighted by Gasteiger charge is -2.07. The van der Waals surface area contributed by atoms with Gasteiger partial charge in [-0.3, -0.25) is 0 Å². The van der Waals surface area contributed by atoms with Gasteiger partial charge in [0.1, 0.15) is 0 Å². The molecule has 7 heavy (non-hydrogen) atoms. The van der Waals surface area contributed by atoms with Crippen molar-refractivity contribution in [2.75, 3.05) is 14.1 Å². The zero-order valence-electron chi connectivity index (χ0n) is 4.90. The molecule has 0 N–H and O–H groups in total. The average Bonchev–Trinajstić information content (AvgIpc) is 1.65. The summed E-state index contributed by atoms with van der Waals surface area (Å²) in [6.45, 7) is 1.91. The molecule has 0 aromatic carbocycles. The van der Waals surface area contributed by atoms with Crippen LogP contribution in [-0.2, 0) is 0 Å². The molecule has 0 rings (SSSR count). The Balaban J connectivity index is 3.56. The monoisotopic (exact) mass is 119 g/mol. The molecular weight excluding hydrogens is 110 g/mol. The Morgan fingerprint density at radius 2 is 2.00 bits per heavy atom. The Hall–Kier alpha value is -0.170. The lowest BCUT2D eigenvalue weighted by molar-refractivity contribution is 0.546. The molecular formula is C5H10ClN. The van der Waals surface area contributed by atoms with E-state index in [2.05, 4.69) is 0 Å². The fourth-order valence-electron chi connectivity index (χ4n) is 0.258. The van der Waals surface area contributed by atoms with E-state index in [0.29, 0.717) is 0 Å². The highest BCUT2D eigenvalue weighted by Gasteiger charge is 1.86. The molecule has 0 spiro atoms. The van der Waals surface area contributed by atoms with Crippen molar-refractivity contribution in [3.05, 3.63) is 11.2 Å². The van der Waals surface area contributed by atoms with E-state index < -0.39 is 0 Å². The van der Waals surface area contributed by atoms with E-state index in [1.165, 1.54) is 0 Å². The summed E-state index contributed by atoms with van der Waals surface area (Å²) < 4.78 is 0. The van der Waals surface area contributed by atoms with Crippen LogP contribution in [0.15, 0.2) is 11.2 Å². The highest BCUT2D eigenvalue weighted by atomic mass is 35.5. The maximum atomic E-state index is 5.59. The van der Waals surface area contributed by atoms with E-state index in [0.717, 1.165) is 5.16 Å². The molecule has 0 bridgehead atoms. The predicted molar refractivity (Wildman–Crippen MR) is 33.3 cm³/mol. The van der Waals surface area contributed by atoms with Gasteiger partial charge in [-0.05, 0) is 6.92 Å². The number of allylic oxidation sites excluding steroid dienone is 1. The van der Waals surface area contributed by atoms with Crippen molar-refractivity contribution in [3.8, 4) is 0 Å². The topological polar surface area (TPSA) is 3.24 Å². The van der Waals surface area contributed by atoms with Crippen molar-refractivity contribution in [1.29, 1.82) is 0 Å². The van der Waals surface area contributed by atoms with Crippen LogP contribution < -0.4 is 0 Å².